The molecular formula is C17H23N3. The van der Waals surface area contributed by atoms with E-state index in [9.17, 15) is 0 Å². The van der Waals surface area contributed by atoms with Gasteiger partial charge in [-0.25, -0.2) is 0 Å². The van der Waals surface area contributed by atoms with E-state index in [0.717, 1.165) is 18.4 Å². The van der Waals surface area contributed by atoms with Crippen LogP contribution in [-0.2, 0) is 0 Å². The standard InChI is InChI=1S/C17H23N3/c1-12(13-6-7-13)9-20-17(8-18)16-11-19-10-14-4-2-3-5-15(14)16/h2-5,10-13,17,20H,6-9,18H2,1H3. The third-order valence-corrected chi connectivity index (χ3v) is 4.42. The monoisotopic (exact) mass is 269 g/mol. The smallest absolute Gasteiger partial charge is 0.0466 e. The molecule has 2 atom stereocenters. The fourth-order valence-electron chi connectivity index (χ4n) is 2.90. The van der Waals surface area contributed by atoms with Gasteiger partial charge >= 0.3 is 0 Å². The van der Waals surface area contributed by atoms with Crippen molar-refractivity contribution in [3.63, 3.8) is 0 Å². The number of aromatic nitrogens is 1. The molecule has 1 aliphatic rings. The first-order valence-electron chi connectivity index (χ1n) is 7.55. The lowest BCUT2D eigenvalue weighted by atomic mass is 10.0. The minimum absolute atomic E-state index is 0.190. The quantitative estimate of drug-likeness (QED) is 0.848. The summed E-state index contributed by atoms with van der Waals surface area (Å²) in [5, 5.41) is 6.07. The topological polar surface area (TPSA) is 50.9 Å². The predicted octanol–water partition coefficient (Wildman–Crippen LogP) is 2.87. The molecule has 1 saturated carbocycles. The van der Waals surface area contributed by atoms with E-state index < -0.39 is 0 Å². The highest BCUT2D eigenvalue weighted by Crippen LogP contribution is 2.36. The molecule has 1 fully saturated rings. The Hall–Kier alpha value is -1.45. The average molecular weight is 269 g/mol. The second-order valence-corrected chi connectivity index (χ2v) is 5.96. The second kappa shape index (κ2) is 5.90. The van der Waals surface area contributed by atoms with Crippen LogP contribution in [0.5, 0.6) is 0 Å². The van der Waals surface area contributed by atoms with E-state index in [1.807, 2.05) is 18.5 Å². The lowest BCUT2D eigenvalue weighted by Gasteiger charge is -2.21. The zero-order valence-corrected chi connectivity index (χ0v) is 12.0. The van der Waals surface area contributed by atoms with Crippen LogP contribution in [0, 0.1) is 11.8 Å². The van der Waals surface area contributed by atoms with Crippen molar-refractivity contribution in [3.8, 4) is 0 Å². The summed E-state index contributed by atoms with van der Waals surface area (Å²) in [7, 11) is 0. The summed E-state index contributed by atoms with van der Waals surface area (Å²) in [6.07, 6.45) is 6.66. The molecule has 2 unspecified atom stereocenters. The van der Waals surface area contributed by atoms with Gasteiger partial charge in [0.05, 0.1) is 0 Å². The summed E-state index contributed by atoms with van der Waals surface area (Å²) in [4.78, 5) is 4.36. The Labute approximate surface area is 120 Å². The molecule has 2 aromatic rings. The van der Waals surface area contributed by atoms with E-state index in [-0.39, 0.29) is 6.04 Å². The molecule has 3 rings (SSSR count). The highest BCUT2D eigenvalue weighted by molar-refractivity contribution is 5.85. The lowest BCUT2D eigenvalue weighted by Crippen LogP contribution is -2.32. The maximum absolute atomic E-state index is 5.98. The van der Waals surface area contributed by atoms with Crippen molar-refractivity contribution in [1.82, 2.24) is 10.3 Å². The van der Waals surface area contributed by atoms with Gasteiger partial charge in [-0.15, -0.1) is 0 Å². The van der Waals surface area contributed by atoms with Crippen LogP contribution in [0.25, 0.3) is 10.8 Å². The SMILES string of the molecule is CC(CNC(CN)c1cncc2ccccc12)C1CC1. The number of benzene rings is 1. The van der Waals surface area contributed by atoms with Crippen molar-refractivity contribution in [2.45, 2.75) is 25.8 Å². The maximum atomic E-state index is 5.98. The molecule has 106 valence electrons. The van der Waals surface area contributed by atoms with Crippen molar-refractivity contribution in [2.75, 3.05) is 13.1 Å². The molecule has 0 saturated heterocycles. The molecule has 0 bridgehead atoms. The highest BCUT2D eigenvalue weighted by Gasteiger charge is 2.28. The Morgan fingerprint density at radius 3 is 2.85 bits per heavy atom. The summed E-state index contributed by atoms with van der Waals surface area (Å²) in [5.74, 6) is 1.67. The number of hydrogen-bond acceptors (Lipinski definition) is 3. The molecule has 3 heteroatoms. The van der Waals surface area contributed by atoms with Crippen LogP contribution in [0.2, 0.25) is 0 Å². The summed E-state index contributed by atoms with van der Waals surface area (Å²) >= 11 is 0. The molecule has 1 aromatic heterocycles. The summed E-state index contributed by atoms with van der Waals surface area (Å²) in [5.41, 5.74) is 7.20. The zero-order chi connectivity index (χ0) is 13.9. The normalized spacial score (nSPS) is 18.1. The molecule has 3 nitrogen and oxygen atoms in total. The largest absolute Gasteiger partial charge is 0.329 e. The van der Waals surface area contributed by atoms with Crippen molar-refractivity contribution < 1.29 is 0 Å². The predicted molar refractivity (Wildman–Crippen MR) is 83.4 cm³/mol. The minimum Gasteiger partial charge on any atom is -0.329 e. The molecule has 1 aromatic carbocycles. The Morgan fingerprint density at radius 2 is 2.10 bits per heavy atom. The van der Waals surface area contributed by atoms with Crippen molar-refractivity contribution >= 4 is 10.8 Å². The van der Waals surface area contributed by atoms with Gasteiger partial charge in [0, 0.05) is 30.4 Å². The number of rotatable bonds is 6. The average Bonchev–Trinajstić information content (AvgIpc) is 3.32. The van der Waals surface area contributed by atoms with E-state index in [1.165, 1.54) is 29.2 Å². The number of nitrogens with two attached hydrogens (primary N) is 1. The molecule has 0 radical (unpaired) electrons. The van der Waals surface area contributed by atoms with Crippen LogP contribution in [0.15, 0.2) is 36.7 Å². The van der Waals surface area contributed by atoms with Gasteiger partial charge in [0.25, 0.3) is 0 Å². The summed E-state index contributed by atoms with van der Waals surface area (Å²) in [6, 6.07) is 8.57. The van der Waals surface area contributed by atoms with Crippen molar-refractivity contribution in [1.29, 1.82) is 0 Å². The fraction of sp³-hybridized carbons (Fsp3) is 0.471. The molecular weight excluding hydrogens is 246 g/mol. The first-order valence-corrected chi connectivity index (χ1v) is 7.55. The fourth-order valence-corrected chi connectivity index (χ4v) is 2.90. The van der Waals surface area contributed by atoms with Gasteiger partial charge in [0.1, 0.15) is 0 Å². The Balaban J connectivity index is 1.79. The van der Waals surface area contributed by atoms with Gasteiger partial charge in [-0.2, -0.15) is 0 Å². The number of hydrogen-bond donors (Lipinski definition) is 2. The Morgan fingerprint density at radius 1 is 1.30 bits per heavy atom. The van der Waals surface area contributed by atoms with Gasteiger partial charge in [0.2, 0.25) is 0 Å². The van der Waals surface area contributed by atoms with Gasteiger partial charge in [-0.3, -0.25) is 4.98 Å². The second-order valence-electron chi connectivity index (χ2n) is 5.96. The molecule has 0 spiro atoms. The number of fused-ring (bicyclic) bond motifs is 1. The first kappa shape index (κ1) is 13.5. The highest BCUT2D eigenvalue weighted by atomic mass is 14.9. The summed E-state index contributed by atoms with van der Waals surface area (Å²) in [6.45, 7) is 3.97. The van der Waals surface area contributed by atoms with E-state index in [0.29, 0.717) is 6.54 Å². The molecule has 0 amide bonds. The van der Waals surface area contributed by atoms with Crippen LogP contribution in [-0.4, -0.2) is 18.1 Å². The van der Waals surface area contributed by atoms with Gasteiger partial charge in [-0.1, -0.05) is 31.2 Å². The lowest BCUT2D eigenvalue weighted by molar-refractivity contribution is 0.423. The molecule has 20 heavy (non-hydrogen) atoms. The first-order chi connectivity index (χ1) is 9.79. The van der Waals surface area contributed by atoms with Gasteiger partial charge < -0.3 is 11.1 Å². The molecule has 0 aliphatic heterocycles. The molecule has 3 N–H and O–H groups in total. The third kappa shape index (κ3) is 2.84. The molecule has 1 aliphatic carbocycles. The van der Waals surface area contributed by atoms with Crippen LogP contribution in [0.3, 0.4) is 0 Å². The van der Waals surface area contributed by atoms with Crippen LogP contribution < -0.4 is 11.1 Å². The third-order valence-electron chi connectivity index (χ3n) is 4.42. The number of pyridine rings is 1. The molecule has 1 heterocycles. The van der Waals surface area contributed by atoms with E-state index in [4.69, 9.17) is 5.73 Å². The van der Waals surface area contributed by atoms with E-state index >= 15 is 0 Å². The number of nitrogens with one attached hydrogen (secondary N) is 1. The zero-order valence-electron chi connectivity index (χ0n) is 12.0. The van der Waals surface area contributed by atoms with Crippen LogP contribution in [0.1, 0.15) is 31.4 Å². The van der Waals surface area contributed by atoms with Gasteiger partial charge in [-0.05, 0) is 42.2 Å². The maximum Gasteiger partial charge on any atom is 0.0466 e. The van der Waals surface area contributed by atoms with E-state index in [1.54, 1.807) is 0 Å². The van der Waals surface area contributed by atoms with Crippen molar-refractivity contribution in [3.05, 3.63) is 42.2 Å². The van der Waals surface area contributed by atoms with Crippen LogP contribution in [0.4, 0.5) is 0 Å². The Bertz CT molecular complexity index is 572. The van der Waals surface area contributed by atoms with Crippen molar-refractivity contribution in [2.24, 2.45) is 17.6 Å². The minimum atomic E-state index is 0.190. The van der Waals surface area contributed by atoms with Crippen LogP contribution >= 0.6 is 0 Å². The number of nitrogens with zero attached hydrogens (tertiary/aromatic N) is 1. The van der Waals surface area contributed by atoms with Gasteiger partial charge in [0.15, 0.2) is 0 Å². The summed E-state index contributed by atoms with van der Waals surface area (Å²) < 4.78 is 0. The van der Waals surface area contributed by atoms with E-state index in [2.05, 4.69) is 35.4 Å². The Kier molecular flexibility index (Phi) is 3.99.